The molecule has 0 bridgehead atoms. The number of aryl methyl sites for hydroxylation is 1. The molecule has 23 heavy (non-hydrogen) atoms. The first-order valence-corrected chi connectivity index (χ1v) is 7.99. The number of anilines is 1. The molecule has 1 atom stereocenters. The molecule has 1 unspecified atom stereocenters. The van der Waals surface area contributed by atoms with Crippen molar-refractivity contribution in [3.8, 4) is 0 Å². The van der Waals surface area contributed by atoms with Crippen LogP contribution in [0.1, 0.15) is 30.2 Å². The molecule has 2 aromatic rings. The van der Waals surface area contributed by atoms with Gasteiger partial charge >= 0.3 is 6.03 Å². The second kappa shape index (κ2) is 7.28. The molecule has 6 heteroatoms. The van der Waals surface area contributed by atoms with Crippen LogP contribution in [0.25, 0.3) is 0 Å². The van der Waals surface area contributed by atoms with E-state index in [-0.39, 0.29) is 12.1 Å². The third-order valence-electron chi connectivity index (χ3n) is 4.09. The van der Waals surface area contributed by atoms with Crippen molar-refractivity contribution < 1.29 is 9.32 Å². The van der Waals surface area contributed by atoms with Crippen LogP contribution in [-0.4, -0.2) is 35.7 Å². The van der Waals surface area contributed by atoms with Crippen LogP contribution in [0.5, 0.6) is 0 Å². The fraction of sp³-hybridized carbons (Fsp3) is 0.412. The van der Waals surface area contributed by atoms with Gasteiger partial charge in [0, 0.05) is 12.6 Å². The van der Waals surface area contributed by atoms with Gasteiger partial charge in [-0.3, -0.25) is 10.2 Å². The highest BCUT2D eigenvalue weighted by Crippen LogP contribution is 2.24. The van der Waals surface area contributed by atoms with Gasteiger partial charge in [-0.1, -0.05) is 35.5 Å². The van der Waals surface area contributed by atoms with Crippen LogP contribution >= 0.6 is 0 Å². The number of amides is 2. The Bertz CT molecular complexity index is 635. The average Bonchev–Trinajstić information content (AvgIpc) is 3.21. The first-order chi connectivity index (χ1) is 11.2. The van der Waals surface area contributed by atoms with Crippen molar-refractivity contribution >= 4 is 11.8 Å². The van der Waals surface area contributed by atoms with E-state index < -0.39 is 0 Å². The summed E-state index contributed by atoms with van der Waals surface area (Å²) in [6.07, 6.45) is 2.43. The molecule has 1 saturated heterocycles. The third-order valence-corrected chi connectivity index (χ3v) is 4.09. The number of rotatable bonds is 5. The summed E-state index contributed by atoms with van der Waals surface area (Å²) in [5, 5.41) is 9.39. The monoisotopic (exact) mass is 314 g/mol. The zero-order chi connectivity index (χ0) is 16.1. The van der Waals surface area contributed by atoms with Crippen molar-refractivity contribution in [3.05, 3.63) is 47.7 Å². The fourth-order valence-corrected chi connectivity index (χ4v) is 2.96. The van der Waals surface area contributed by atoms with Gasteiger partial charge in [-0.05, 0) is 38.4 Å². The molecule has 0 aliphatic carbocycles. The SMILES string of the molecule is Cc1cc(NC(=O)NCC(c2ccccc2)N2CCCC2)no1. The average molecular weight is 314 g/mol. The molecule has 1 aromatic heterocycles. The summed E-state index contributed by atoms with van der Waals surface area (Å²) in [4.78, 5) is 14.5. The lowest BCUT2D eigenvalue weighted by molar-refractivity contribution is 0.227. The van der Waals surface area contributed by atoms with Gasteiger partial charge in [-0.25, -0.2) is 4.79 Å². The maximum absolute atomic E-state index is 12.0. The predicted octanol–water partition coefficient (Wildman–Crippen LogP) is 2.94. The van der Waals surface area contributed by atoms with Crippen molar-refractivity contribution in [2.24, 2.45) is 0 Å². The maximum Gasteiger partial charge on any atom is 0.320 e. The second-order valence-corrected chi connectivity index (χ2v) is 5.83. The highest BCUT2D eigenvalue weighted by molar-refractivity contribution is 5.88. The lowest BCUT2D eigenvalue weighted by Crippen LogP contribution is -2.38. The van der Waals surface area contributed by atoms with Crippen LogP contribution in [0, 0.1) is 6.92 Å². The van der Waals surface area contributed by atoms with Crippen LogP contribution in [0.2, 0.25) is 0 Å². The number of nitrogens with one attached hydrogen (secondary N) is 2. The van der Waals surface area contributed by atoms with Crippen LogP contribution in [0.4, 0.5) is 10.6 Å². The van der Waals surface area contributed by atoms with Gasteiger partial charge in [0.15, 0.2) is 5.82 Å². The minimum absolute atomic E-state index is 0.198. The molecule has 6 nitrogen and oxygen atoms in total. The molecule has 2 heterocycles. The molecular formula is C17H22N4O2. The van der Waals surface area contributed by atoms with Crippen LogP contribution in [0.15, 0.2) is 40.9 Å². The van der Waals surface area contributed by atoms with E-state index in [4.69, 9.17) is 4.52 Å². The topological polar surface area (TPSA) is 70.4 Å². The molecule has 1 aliphatic heterocycles. The normalized spacial score (nSPS) is 16.2. The van der Waals surface area contributed by atoms with Crippen molar-refractivity contribution in [1.29, 1.82) is 0 Å². The van der Waals surface area contributed by atoms with Gasteiger partial charge in [0.25, 0.3) is 0 Å². The Morgan fingerprint density at radius 2 is 2.04 bits per heavy atom. The summed E-state index contributed by atoms with van der Waals surface area (Å²) in [5.41, 5.74) is 1.23. The standard InChI is InChI=1S/C17H22N4O2/c1-13-11-16(20-23-13)19-17(22)18-12-15(21-9-5-6-10-21)14-7-3-2-4-8-14/h2-4,7-8,11,15H,5-6,9-10,12H2,1H3,(H2,18,19,20,22). The minimum atomic E-state index is -0.265. The maximum atomic E-state index is 12.0. The van der Waals surface area contributed by atoms with Gasteiger partial charge in [-0.15, -0.1) is 0 Å². The molecular weight excluding hydrogens is 292 g/mol. The number of carbonyl (C=O) groups excluding carboxylic acids is 1. The van der Waals surface area contributed by atoms with E-state index in [1.165, 1.54) is 18.4 Å². The van der Waals surface area contributed by atoms with Crippen LogP contribution in [-0.2, 0) is 0 Å². The summed E-state index contributed by atoms with van der Waals surface area (Å²) in [7, 11) is 0. The Labute approximate surface area is 135 Å². The number of hydrogen-bond acceptors (Lipinski definition) is 4. The number of benzene rings is 1. The summed E-state index contributed by atoms with van der Waals surface area (Å²) in [6, 6.07) is 11.9. The van der Waals surface area contributed by atoms with Crippen LogP contribution < -0.4 is 10.6 Å². The third kappa shape index (κ3) is 4.10. The minimum Gasteiger partial charge on any atom is -0.360 e. The number of likely N-dealkylation sites (tertiary alicyclic amines) is 1. The predicted molar refractivity (Wildman–Crippen MR) is 88.3 cm³/mol. The van der Waals surface area contributed by atoms with Gasteiger partial charge < -0.3 is 9.84 Å². The van der Waals surface area contributed by atoms with Crippen molar-refractivity contribution in [2.45, 2.75) is 25.8 Å². The summed E-state index contributed by atoms with van der Waals surface area (Å²) < 4.78 is 4.94. The molecule has 0 spiro atoms. The van der Waals surface area contributed by atoms with Gasteiger partial charge in [0.1, 0.15) is 5.76 Å². The summed E-state index contributed by atoms with van der Waals surface area (Å²) in [6.45, 7) is 4.50. The summed E-state index contributed by atoms with van der Waals surface area (Å²) >= 11 is 0. The summed E-state index contributed by atoms with van der Waals surface area (Å²) in [5.74, 6) is 1.09. The fourth-order valence-electron chi connectivity index (χ4n) is 2.96. The highest BCUT2D eigenvalue weighted by atomic mass is 16.5. The van der Waals surface area contributed by atoms with Crippen molar-refractivity contribution in [2.75, 3.05) is 25.0 Å². The molecule has 122 valence electrons. The number of urea groups is 1. The molecule has 3 rings (SSSR count). The molecule has 1 fully saturated rings. The zero-order valence-electron chi connectivity index (χ0n) is 13.3. The molecule has 1 aliphatic rings. The Morgan fingerprint density at radius 1 is 1.30 bits per heavy atom. The van der Waals surface area contributed by atoms with E-state index >= 15 is 0 Å². The first-order valence-electron chi connectivity index (χ1n) is 7.99. The highest BCUT2D eigenvalue weighted by Gasteiger charge is 2.23. The van der Waals surface area contributed by atoms with Crippen LogP contribution in [0.3, 0.4) is 0 Å². The lowest BCUT2D eigenvalue weighted by atomic mass is 10.1. The lowest BCUT2D eigenvalue weighted by Gasteiger charge is -2.28. The Balaban J connectivity index is 1.61. The first kappa shape index (κ1) is 15.6. The number of aromatic nitrogens is 1. The molecule has 0 saturated carbocycles. The van der Waals surface area contributed by atoms with Crippen molar-refractivity contribution in [1.82, 2.24) is 15.4 Å². The molecule has 0 radical (unpaired) electrons. The van der Waals surface area contributed by atoms with E-state index in [1.54, 1.807) is 13.0 Å². The Morgan fingerprint density at radius 3 is 2.70 bits per heavy atom. The molecule has 1 aromatic carbocycles. The molecule has 2 amide bonds. The van der Waals surface area contributed by atoms with E-state index in [0.717, 1.165) is 13.1 Å². The van der Waals surface area contributed by atoms with Gasteiger partial charge in [0.2, 0.25) is 0 Å². The Hall–Kier alpha value is -2.34. The zero-order valence-corrected chi connectivity index (χ0v) is 13.3. The molecule has 2 N–H and O–H groups in total. The van der Waals surface area contributed by atoms with Crippen molar-refractivity contribution in [3.63, 3.8) is 0 Å². The number of hydrogen-bond donors (Lipinski definition) is 2. The Kier molecular flexibility index (Phi) is 4.92. The van der Waals surface area contributed by atoms with Gasteiger partial charge in [-0.2, -0.15) is 0 Å². The van der Waals surface area contributed by atoms with E-state index in [2.05, 4.69) is 32.8 Å². The van der Waals surface area contributed by atoms with E-state index in [0.29, 0.717) is 18.1 Å². The number of nitrogens with zero attached hydrogens (tertiary/aromatic N) is 2. The quantitative estimate of drug-likeness (QED) is 0.890. The van der Waals surface area contributed by atoms with E-state index in [1.807, 2.05) is 18.2 Å². The second-order valence-electron chi connectivity index (χ2n) is 5.83. The smallest absolute Gasteiger partial charge is 0.320 e. The largest absolute Gasteiger partial charge is 0.360 e. The number of carbonyl (C=O) groups is 1. The van der Waals surface area contributed by atoms with E-state index in [9.17, 15) is 4.79 Å². The van der Waals surface area contributed by atoms with Gasteiger partial charge in [0.05, 0.1) is 6.04 Å².